The van der Waals surface area contributed by atoms with Crippen LogP contribution >= 0.6 is 0 Å². The molecule has 2 aliphatic rings. The van der Waals surface area contributed by atoms with Gasteiger partial charge in [0, 0.05) is 38.1 Å². The average Bonchev–Trinajstić information content (AvgIpc) is 2.72. The molecule has 0 amide bonds. The molecule has 0 aromatic heterocycles. The van der Waals surface area contributed by atoms with Crippen molar-refractivity contribution < 1.29 is 14.3 Å². The number of hydrogen-bond acceptors (Lipinski definition) is 5. The van der Waals surface area contributed by atoms with E-state index in [9.17, 15) is 4.79 Å². The number of guanidine groups is 1. The van der Waals surface area contributed by atoms with Gasteiger partial charge in [0.2, 0.25) is 0 Å². The van der Waals surface area contributed by atoms with Gasteiger partial charge in [-0.1, -0.05) is 19.3 Å². The van der Waals surface area contributed by atoms with Crippen molar-refractivity contribution in [2.75, 3.05) is 53.0 Å². The molecule has 7 nitrogen and oxygen atoms in total. The summed E-state index contributed by atoms with van der Waals surface area (Å²) in [5, 5.41) is 6.77. The number of carbonyl (C=O) groups excluding carboxylic acids is 1. The fourth-order valence-corrected chi connectivity index (χ4v) is 4.09. The Bertz CT molecular complexity index is 458. The molecule has 2 fully saturated rings. The third-order valence-electron chi connectivity index (χ3n) is 5.67. The molecule has 2 N–H and O–H groups in total. The Kier molecular flexibility index (Phi) is 9.91. The number of carbonyl (C=O) groups is 1. The molecule has 1 saturated heterocycles. The van der Waals surface area contributed by atoms with Crippen molar-refractivity contribution in [1.29, 1.82) is 0 Å². The van der Waals surface area contributed by atoms with E-state index in [1.54, 1.807) is 0 Å². The molecular formula is C20H38N4O3. The van der Waals surface area contributed by atoms with Crippen molar-refractivity contribution >= 4 is 11.9 Å². The Hall–Kier alpha value is -1.34. The van der Waals surface area contributed by atoms with Crippen LogP contribution in [-0.2, 0) is 14.3 Å². The molecule has 0 spiro atoms. The number of ether oxygens (including phenoxy) is 2. The summed E-state index contributed by atoms with van der Waals surface area (Å²) < 4.78 is 10.2. The number of aliphatic imine (C=N–C) groups is 1. The highest BCUT2D eigenvalue weighted by molar-refractivity contribution is 5.79. The van der Waals surface area contributed by atoms with Gasteiger partial charge >= 0.3 is 5.97 Å². The highest BCUT2D eigenvalue weighted by Crippen LogP contribution is 2.34. The van der Waals surface area contributed by atoms with Crippen molar-refractivity contribution in [3.05, 3.63) is 0 Å². The van der Waals surface area contributed by atoms with Crippen molar-refractivity contribution in [2.24, 2.45) is 4.99 Å². The van der Waals surface area contributed by atoms with Crippen LogP contribution in [0.15, 0.2) is 4.99 Å². The molecule has 156 valence electrons. The van der Waals surface area contributed by atoms with E-state index in [-0.39, 0.29) is 11.5 Å². The summed E-state index contributed by atoms with van der Waals surface area (Å²) in [5.41, 5.74) is 0.190. The van der Waals surface area contributed by atoms with Crippen molar-refractivity contribution in [1.82, 2.24) is 15.5 Å². The van der Waals surface area contributed by atoms with E-state index >= 15 is 0 Å². The normalized spacial score (nSPS) is 20.9. The molecule has 1 aliphatic heterocycles. The van der Waals surface area contributed by atoms with Crippen LogP contribution in [0, 0.1) is 0 Å². The summed E-state index contributed by atoms with van der Waals surface area (Å²) in [7, 11) is 1.44. The van der Waals surface area contributed by atoms with Crippen LogP contribution in [0.1, 0.15) is 58.3 Å². The lowest BCUT2D eigenvalue weighted by atomic mass is 9.80. The number of unbranched alkanes of at least 4 members (excludes halogenated alkanes) is 1. The quantitative estimate of drug-likeness (QED) is 0.275. The van der Waals surface area contributed by atoms with Crippen molar-refractivity contribution in [2.45, 2.75) is 63.8 Å². The minimum atomic E-state index is -0.139. The maximum Gasteiger partial charge on any atom is 0.305 e. The van der Waals surface area contributed by atoms with E-state index in [0.717, 1.165) is 64.7 Å². The predicted molar refractivity (Wildman–Crippen MR) is 108 cm³/mol. The van der Waals surface area contributed by atoms with Gasteiger partial charge in [0.05, 0.1) is 26.9 Å². The Morgan fingerprint density at radius 3 is 2.56 bits per heavy atom. The zero-order valence-electron chi connectivity index (χ0n) is 17.2. The highest BCUT2D eigenvalue weighted by Gasteiger charge is 2.38. The van der Waals surface area contributed by atoms with Crippen LogP contribution in [0.5, 0.6) is 0 Å². The molecule has 0 unspecified atom stereocenters. The van der Waals surface area contributed by atoms with Gasteiger partial charge in [-0.15, -0.1) is 0 Å². The summed E-state index contributed by atoms with van der Waals surface area (Å²) in [4.78, 5) is 18.8. The number of methoxy groups -OCH3 is 1. The van der Waals surface area contributed by atoms with Gasteiger partial charge in [-0.3, -0.25) is 14.7 Å². The van der Waals surface area contributed by atoms with Crippen LogP contribution in [0.3, 0.4) is 0 Å². The maximum absolute atomic E-state index is 11.2. The second-order valence-corrected chi connectivity index (χ2v) is 7.54. The van der Waals surface area contributed by atoms with Crippen LogP contribution in [0.2, 0.25) is 0 Å². The van der Waals surface area contributed by atoms with Gasteiger partial charge in [0.15, 0.2) is 5.96 Å². The number of rotatable bonds is 9. The van der Waals surface area contributed by atoms with Crippen LogP contribution in [0.25, 0.3) is 0 Å². The number of nitrogens with zero attached hydrogens (tertiary/aromatic N) is 2. The second kappa shape index (κ2) is 12.2. The first-order valence-electron chi connectivity index (χ1n) is 10.6. The van der Waals surface area contributed by atoms with Gasteiger partial charge in [0.25, 0.3) is 0 Å². The monoisotopic (exact) mass is 382 g/mol. The standard InChI is InChI=1S/C20H38N4O3/c1-3-21-19(22-12-8-5-9-18(25)26-2)23-17-20(10-6-4-7-11-20)24-13-15-27-16-14-24/h3-17H2,1-2H3,(H2,21,22,23). The summed E-state index contributed by atoms with van der Waals surface area (Å²) in [6, 6.07) is 0. The van der Waals surface area contributed by atoms with Crippen LogP contribution < -0.4 is 10.6 Å². The fraction of sp³-hybridized carbons (Fsp3) is 0.900. The highest BCUT2D eigenvalue weighted by atomic mass is 16.5. The molecule has 1 saturated carbocycles. The molecule has 0 bridgehead atoms. The minimum Gasteiger partial charge on any atom is -0.469 e. The largest absolute Gasteiger partial charge is 0.469 e. The third-order valence-corrected chi connectivity index (χ3v) is 5.67. The Labute approximate surface area is 164 Å². The van der Waals surface area contributed by atoms with E-state index in [1.807, 2.05) is 0 Å². The zero-order chi connectivity index (χ0) is 19.4. The molecular weight excluding hydrogens is 344 g/mol. The van der Waals surface area contributed by atoms with Crippen LogP contribution in [0.4, 0.5) is 0 Å². The smallest absolute Gasteiger partial charge is 0.305 e. The molecule has 27 heavy (non-hydrogen) atoms. The number of esters is 1. The lowest BCUT2D eigenvalue weighted by Gasteiger charge is -2.47. The summed E-state index contributed by atoms with van der Waals surface area (Å²) in [6.45, 7) is 8.30. The van der Waals surface area contributed by atoms with E-state index in [1.165, 1.54) is 39.2 Å². The first kappa shape index (κ1) is 22.0. The molecule has 7 heteroatoms. The average molecular weight is 383 g/mol. The molecule has 1 aliphatic carbocycles. The van der Waals surface area contributed by atoms with Gasteiger partial charge in [-0.2, -0.15) is 0 Å². The summed E-state index contributed by atoms with van der Waals surface area (Å²) in [6.07, 6.45) is 8.63. The summed E-state index contributed by atoms with van der Waals surface area (Å²) in [5.74, 6) is 0.745. The zero-order valence-corrected chi connectivity index (χ0v) is 17.2. The van der Waals surface area contributed by atoms with Crippen molar-refractivity contribution in [3.8, 4) is 0 Å². The number of morpholine rings is 1. The first-order valence-corrected chi connectivity index (χ1v) is 10.6. The molecule has 0 aromatic carbocycles. The Morgan fingerprint density at radius 2 is 1.89 bits per heavy atom. The fourth-order valence-electron chi connectivity index (χ4n) is 4.09. The van der Waals surface area contributed by atoms with Gasteiger partial charge in [-0.05, 0) is 32.6 Å². The predicted octanol–water partition coefficient (Wildman–Crippen LogP) is 1.92. The Morgan fingerprint density at radius 1 is 1.15 bits per heavy atom. The second-order valence-electron chi connectivity index (χ2n) is 7.54. The van der Waals surface area contributed by atoms with Crippen molar-refractivity contribution in [3.63, 3.8) is 0 Å². The molecule has 0 radical (unpaired) electrons. The van der Waals surface area contributed by atoms with Gasteiger partial charge in [0.1, 0.15) is 0 Å². The molecule has 2 rings (SSSR count). The van der Waals surface area contributed by atoms with E-state index < -0.39 is 0 Å². The minimum absolute atomic E-state index is 0.139. The van der Waals surface area contributed by atoms with Gasteiger partial charge in [-0.25, -0.2) is 0 Å². The topological polar surface area (TPSA) is 75.2 Å². The first-order chi connectivity index (χ1) is 13.2. The molecule has 1 heterocycles. The van der Waals surface area contributed by atoms with E-state index in [4.69, 9.17) is 9.73 Å². The molecule has 0 atom stereocenters. The Balaban J connectivity index is 1.88. The molecule has 0 aromatic rings. The maximum atomic E-state index is 11.2. The van der Waals surface area contributed by atoms with E-state index in [0.29, 0.717) is 6.42 Å². The third kappa shape index (κ3) is 7.30. The summed E-state index contributed by atoms with van der Waals surface area (Å²) >= 11 is 0. The van der Waals surface area contributed by atoms with E-state index in [2.05, 4.69) is 27.2 Å². The number of nitrogens with one attached hydrogen (secondary N) is 2. The van der Waals surface area contributed by atoms with Gasteiger partial charge < -0.3 is 20.1 Å². The lowest BCUT2D eigenvalue weighted by Crippen LogP contribution is -2.56. The van der Waals surface area contributed by atoms with Crippen LogP contribution in [-0.4, -0.2) is 75.4 Å². The lowest BCUT2D eigenvalue weighted by molar-refractivity contribution is -0.140. The SMILES string of the molecule is CCNC(=NCC1(N2CCOCC2)CCCCC1)NCCCCC(=O)OC. The number of hydrogen-bond donors (Lipinski definition) is 2.